The molecule has 108 valence electrons. The minimum Gasteiger partial charge on any atom is -0.468 e. The van der Waals surface area contributed by atoms with Gasteiger partial charge < -0.3 is 15.1 Å². The molecule has 1 heterocycles. The van der Waals surface area contributed by atoms with Crippen molar-refractivity contribution in [2.24, 2.45) is 0 Å². The van der Waals surface area contributed by atoms with Gasteiger partial charge in [0.05, 0.1) is 12.8 Å². The second-order valence-electron chi connectivity index (χ2n) is 6.66. The number of hydrogen-bond donors (Lipinski definition) is 2. The second kappa shape index (κ2) is 6.58. The molecule has 0 spiro atoms. The molecule has 1 aromatic rings. The van der Waals surface area contributed by atoms with Crippen molar-refractivity contribution >= 4 is 0 Å². The smallest absolute Gasteiger partial charge is 0.120 e. The fourth-order valence-electron chi connectivity index (χ4n) is 2.12. The highest BCUT2D eigenvalue weighted by molar-refractivity contribution is 5.17. The highest BCUT2D eigenvalue weighted by Gasteiger charge is 2.19. The largest absolute Gasteiger partial charge is 0.468 e. The average molecular weight is 264 g/mol. The molecule has 1 aliphatic carbocycles. The molecule has 1 saturated carbocycles. The van der Waals surface area contributed by atoms with Crippen LogP contribution in [0.4, 0.5) is 0 Å². The third-order valence-electron chi connectivity index (χ3n) is 3.50. The minimum atomic E-state index is 0.137. The van der Waals surface area contributed by atoms with Gasteiger partial charge in [-0.25, -0.2) is 0 Å². The molecule has 1 fully saturated rings. The molecule has 0 atom stereocenters. The molecule has 3 heteroatoms. The Labute approximate surface area is 117 Å². The molecule has 0 aromatic carbocycles. The zero-order valence-corrected chi connectivity index (χ0v) is 12.6. The highest BCUT2D eigenvalue weighted by atomic mass is 16.3. The average Bonchev–Trinajstić information content (AvgIpc) is 3.04. The van der Waals surface area contributed by atoms with Crippen LogP contribution in [-0.4, -0.2) is 18.1 Å². The maximum absolute atomic E-state index is 5.59. The standard InChI is InChI=1S/C16H28N2O/c1-16(2,3)18-12-15-13(9-11-19-15)6-4-5-10-17-14-7-8-14/h9,11,14,17-18H,4-8,10,12H2,1-3H3. The molecule has 0 aliphatic heterocycles. The van der Waals surface area contributed by atoms with E-state index >= 15 is 0 Å². The van der Waals surface area contributed by atoms with E-state index in [1.807, 2.05) is 6.26 Å². The molecular weight excluding hydrogens is 236 g/mol. The van der Waals surface area contributed by atoms with Crippen LogP contribution in [0.1, 0.15) is 57.8 Å². The van der Waals surface area contributed by atoms with Crippen molar-refractivity contribution in [3.63, 3.8) is 0 Å². The predicted molar refractivity (Wildman–Crippen MR) is 79.3 cm³/mol. The SMILES string of the molecule is CC(C)(C)NCc1occc1CCCCNC1CC1. The maximum atomic E-state index is 5.59. The zero-order valence-electron chi connectivity index (χ0n) is 12.6. The Morgan fingerprint density at radius 3 is 2.74 bits per heavy atom. The van der Waals surface area contributed by atoms with Gasteiger partial charge in [0, 0.05) is 11.6 Å². The van der Waals surface area contributed by atoms with Gasteiger partial charge in [0.2, 0.25) is 0 Å². The topological polar surface area (TPSA) is 37.2 Å². The van der Waals surface area contributed by atoms with Gasteiger partial charge in [0.15, 0.2) is 0 Å². The predicted octanol–water partition coefficient (Wildman–Crippen LogP) is 3.24. The monoisotopic (exact) mass is 264 g/mol. The van der Waals surface area contributed by atoms with Crippen molar-refractivity contribution in [2.75, 3.05) is 6.54 Å². The third-order valence-corrected chi connectivity index (χ3v) is 3.50. The number of rotatable bonds is 8. The lowest BCUT2D eigenvalue weighted by molar-refractivity contribution is 0.386. The fraction of sp³-hybridized carbons (Fsp3) is 0.750. The van der Waals surface area contributed by atoms with Crippen LogP contribution < -0.4 is 10.6 Å². The van der Waals surface area contributed by atoms with Crippen molar-refractivity contribution in [3.05, 3.63) is 23.7 Å². The normalized spacial score (nSPS) is 15.9. The summed E-state index contributed by atoms with van der Waals surface area (Å²) in [6.07, 6.45) is 8.20. The summed E-state index contributed by atoms with van der Waals surface area (Å²) in [6.45, 7) is 8.53. The van der Waals surface area contributed by atoms with Crippen molar-refractivity contribution in [2.45, 2.75) is 71.0 Å². The summed E-state index contributed by atoms with van der Waals surface area (Å²) in [5, 5.41) is 7.04. The summed E-state index contributed by atoms with van der Waals surface area (Å²) in [7, 11) is 0. The first-order valence-corrected chi connectivity index (χ1v) is 7.58. The number of furan rings is 1. The van der Waals surface area contributed by atoms with E-state index in [1.165, 1.54) is 31.2 Å². The first-order valence-electron chi connectivity index (χ1n) is 7.58. The van der Waals surface area contributed by atoms with Gasteiger partial charge in [-0.1, -0.05) is 0 Å². The van der Waals surface area contributed by atoms with Crippen LogP contribution in [0, 0.1) is 0 Å². The summed E-state index contributed by atoms with van der Waals surface area (Å²) in [6, 6.07) is 2.95. The fourth-order valence-corrected chi connectivity index (χ4v) is 2.12. The zero-order chi connectivity index (χ0) is 13.7. The quantitative estimate of drug-likeness (QED) is 0.708. The Hall–Kier alpha value is -0.800. The van der Waals surface area contributed by atoms with Crippen LogP contribution in [0.3, 0.4) is 0 Å². The summed E-state index contributed by atoms with van der Waals surface area (Å²) < 4.78 is 5.59. The maximum Gasteiger partial charge on any atom is 0.120 e. The van der Waals surface area contributed by atoms with E-state index in [4.69, 9.17) is 4.42 Å². The lowest BCUT2D eigenvalue weighted by atomic mass is 10.1. The third kappa shape index (κ3) is 5.79. The van der Waals surface area contributed by atoms with Crippen molar-refractivity contribution in [1.82, 2.24) is 10.6 Å². The summed E-state index contributed by atoms with van der Waals surface area (Å²) in [5.74, 6) is 1.10. The van der Waals surface area contributed by atoms with Gasteiger partial charge in [-0.2, -0.15) is 0 Å². The molecule has 0 bridgehead atoms. The molecule has 0 saturated heterocycles. The molecule has 0 radical (unpaired) electrons. The van der Waals surface area contributed by atoms with Crippen molar-refractivity contribution in [1.29, 1.82) is 0 Å². The van der Waals surface area contributed by atoms with Crippen LogP contribution >= 0.6 is 0 Å². The van der Waals surface area contributed by atoms with Gasteiger partial charge in [0.25, 0.3) is 0 Å². The first kappa shape index (κ1) is 14.6. The van der Waals surface area contributed by atoms with Crippen molar-refractivity contribution < 1.29 is 4.42 Å². The number of aryl methyl sites for hydroxylation is 1. The van der Waals surface area contributed by atoms with Crippen LogP contribution in [0.2, 0.25) is 0 Å². The Morgan fingerprint density at radius 1 is 1.26 bits per heavy atom. The van der Waals surface area contributed by atoms with E-state index in [1.54, 1.807) is 0 Å². The van der Waals surface area contributed by atoms with Gasteiger partial charge >= 0.3 is 0 Å². The van der Waals surface area contributed by atoms with Crippen LogP contribution in [0.15, 0.2) is 16.7 Å². The molecule has 0 unspecified atom stereocenters. The van der Waals surface area contributed by atoms with E-state index in [0.717, 1.165) is 31.3 Å². The van der Waals surface area contributed by atoms with E-state index in [-0.39, 0.29) is 5.54 Å². The highest BCUT2D eigenvalue weighted by Crippen LogP contribution is 2.19. The van der Waals surface area contributed by atoms with Gasteiger partial charge in [0.1, 0.15) is 5.76 Å². The van der Waals surface area contributed by atoms with E-state index in [9.17, 15) is 0 Å². The number of hydrogen-bond acceptors (Lipinski definition) is 3. The van der Waals surface area contributed by atoms with Crippen LogP contribution in [0.25, 0.3) is 0 Å². The molecule has 19 heavy (non-hydrogen) atoms. The van der Waals surface area contributed by atoms with Crippen LogP contribution in [0.5, 0.6) is 0 Å². The Morgan fingerprint density at radius 2 is 2.05 bits per heavy atom. The van der Waals surface area contributed by atoms with Crippen molar-refractivity contribution in [3.8, 4) is 0 Å². The molecule has 1 aromatic heterocycles. The summed E-state index contributed by atoms with van der Waals surface area (Å²) in [5.41, 5.74) is 1.50. The molecule has 1 aliphatic rings. The number of unbranched alkanes of at least 4 members (excludes halogenated alkanes) is 1. The van der Waals surface area contributed by atoms with E-state index in [0.29, 0.717) is 0 Å². The summed E-state index contributed by atoms with van der Waals surface area (Å²) >= 11 is 0. The Bertz CT molecular complexity index is 374. The lowest BCUT2D eigenvalue weighted by Gasteiger charge is -2.20. The van der Waals surface area contributed by atoms with Gasteiger partial charge in [-0.3, -0.25) is 0 Å². The molecule has 0 amide bonds. The molecule has 3 nitrogen and oxygen atoms in total. The second-order valence-corrected chi connectivity index (χ2v) is 6.66. The molecule has 2 N–H and O–H groups in total. The Balaban J connectivity index is 1.66. The van der Waals surface area contributed by atoms with Gasteiger partial charge in [-0.05, 0) is 71.0 Å². The summed E-state index contributed by atoms with van der Waals surface area (Å²) in [4.78, 5) is 0. The molecular formula is C16H28N2O. The van der Waals surface area contributed by atoms with Gasteiger partial charge in [-0.15, -0.1) is 0 Å². The van der Waals surface area contributed by atoms with E-state index < -0.39 is 0 Å². The Kier molecular flexibility index (Phi) is 5.06. The lowest BCUT2D eigenvalue weighted by Crippen LogP contribution is -2.35. The van der Waals surface area contributed by atoms with Crippen LogP contribution in [-0.2, 0) is 13.0 Å². The molecule has 2 rings (SSSR count). The van der Waals surface area contributed by atoms with E-state index in [2.05, 4.69) is 37.5 Å². The first-order chi connectivity index (χ1) is 9.04. The number of nitrogens with one attached hydrogen (secondary N) is 2. The minimum absolute atomic E-state index is 0.137.